The van der Waals surface area contributed by atoms with Gasteiger partial charge in [0.1, 0.15) is 6.10 Å². The predicted octanol–water partition coefficient (Wildman–Crippen LogP) is 2.26. The Morgan fingerprint density at radius 2 is 1.75 bits per heavy atom. The van der Waals surface area contributed by atoms with E-state index in [1.54, 1.807) is 30.3 Å². The third-order valence-electron chi connectivity index (χ3n) is 4.21. The standard InChI is InChI=1S/C20H21N3O5/c1-13(24)21-11-17-12-23(20(26)28-17)16-7-3-14(4-8-16)22-15-5-9-18(25)19(27-2)10-6-15/h3-10,17,22H,11-12H2,1-2H3,(H,21,24). The zero-order valence-corrected chi connectivity index (χ0v) is 15.6. The molecule has 1 aliphatic rings. The maximum absolute atomic E-state index is 12.1. The van der Waals surface area contributed by atoms with E-state index in [1.807, 2.05) is 12.1 Å². The van der Waals surface area contributed by atoms with Gasteiger partial charge in [-0.1, -0.05) is 0 Å². The van der Waals surface area contributed by atoms with Crippen molar-refractivity contribution < 1.29 is 19.1 Å². The Bertz CT molecular complexity index is 930. The molecule has 1 heterocycles. The van der Waals surface area contributed by atoms with Crippen molar-refractivity contribution in [2.75, 3.05) is 30.4 Å². The molecule has 0 saturated carbocycles. The van der Waals surface area contributed by atoms with E-state index in [-0.39, 0.29) is 29.7 Å². The number of ether oxygens (including phenoxy) is 2. The fourth-order valence-electron chi connectivity index (χ4n) is 2.79. The molecule has 1 saturated heterocycles. The number of carbonyl (C=O) groups excluding carboxylic acids is 2. The van der Waals surface area contributed by atoms with Crippen LogP contribution in [0.3, 0.4) is 0 Å². The van der Waals surface area contributed by atoms with Gasteiger partial charge < -0.3 is 20.1 Å². The number of hydrogen-bond acceptors (Lipinski definition) is 6. The number of amides is 2. The zero-order valence-electron chi connectivity index (χ0n) is 15.6. The van der Waals surface area contributed by atoms with Crippen molar-refractivity contribution in [2.45, 2.75) is 13.0 Å². The molecule has 3 rings (SSSR count). The van der Waals surface area contributed by atoms with Crippen LogP contribution in [0.25, 0.3) is 0 Å². The minimum Gasteiger partial charge on any atom is -0.493 e. The molecule has 0 aliphatic carbocycles. The molecule has 2 N–H and O–H groups in total. The van der Waals surface area contributed by atoms with Crippen LogP contribution in [-0.4, -0.2) is 38.3 Å². The Kier molecular flexibility index (Phi) is 5.78. The number of methoxy groups -OCH3 is 1. The summed E-state index contributed by atoms with van der Waals surface area (Å²) in [5.41, 5.74) is 2.02. The molecule has 2 aromatic carbocycles. The highest BCUT2D eigenvalue weighted by atomic mass is 16.6. The molecule has 2 aromatic rings. The van der Waals surface area contributed by atoms with E-state index in [1.165, 1.54) is 25.0 Å². The molecule has 28 heavy (non-hydrogen) atoms. The molecule has 8 heteroatoms. The number of rotatable bonds is 6. The number of cyclic esters (lactones) is 1. The van der Waals surface area contributed by atoms with Gasteiger partial charge in [-0.05, 0) is 48.5 Å². The van der Waals surface area contributed by atoms with Gasteiger partial charge in [-0.2, -0.15) is 0 Å². The van der Waals surface area contributed by atoms with Gasteiger partial charge in [-0.3, -0.25) is 14.5 Å². The third kappa shape index (κ3) is 4.59. The molecule has 1 aliphatic heterocycles. The first kappa shape index (κ1) is 19.2. The first-order valence-electron chi connectivity index (χ1n) is 8.74. The van der Waals surface area contributed by atoms with Gasteiger partial charge in [0.25, 0.3) is 0 Å². The third-order valence-corrected chi connectivity index (χ3v) is 4.21. The van der Waals surface area contributed by atoms with Crippen LogP contribution in [0.15, 0.2) is 53.3 Å². The van der Waals surface area contributed by atoms with Crippen LogP contribution < -0.4 is 25.7 Å². The number of carbonyl (C=O) groups is 2. The maximum atomic E-state index is 12.1. The first-order chi connectivity index (χ1) is 13.5. The largest absolute Gasteiger partial charge is 0.493 e. The molecule has 1 fully saturated rings. The van der Waals surface area contributed by atoms with Gasteiger partial charge in [0.15, 0.2) is 5.75 Å². The Morgan fingerprint density at radius 3 is 2.39 bits per heavy atom. The lowest BCUT2D eigenvalue weighted by Gasteiger charge is -2.14. The summed E-state index contributed by atoms with van der Waals surface area (Å²) in [4.78, 5) is 36.3. The van der Waals surface area contributed by atoms with Crippen LogP contribution >= 0.6 is 0 Å². The van der Waals surface area contributed by atoms with Gasteiger partial charge >= 0.3 is 6.09 Å². The summed E-state index contributed by atoms with van der Waals surface area (Å²) in [5, 5.41) is 5.84. The van der Waals surface area contributed by atoms with Gasteiger partial charge in [-0.25, -0.2) is 4.79 Å². The molecule has 146 valence electrons. The monoisotopic (exact) mass is 383 g/mol. The summed E-state index contributed by atoms with van der Waals surface area (Å²) < 4.78 is 10.3. The fraction of sp³-hybridized carbons (Fsp3) is 0.250. The van der Waals surface area contributed by atoms with E-state index < -0.39 is 6.09 Å². The highest BCUT2D eigenvalue weighted by molar-refractivity contribution is 5.90. The van der Waals surface area contributed by atoms with Crippen LogP contribution in [0.2, 0.25) is 0 Å². The smallest absolute Gasteiger partial charge is 0.414 e. The number of anilines is 3. The van der Waals surface area contributed by atoms with Crippen LogP contribution in [0, 0.1) is 0 Å². The summed E-state index contributed by atoms with van der Waals surface area (Å²) in [6.07, 6.45) is -0.823. The van der Waals surface area contributed by atoms with Crippen LogP contribution in [0.1, 0.15) is 6.92 Å². The minimum atomic E-state index is -0.443. The summed E-state index contributed by atoms with van der Waals surface area (Å²) in [6.45, 7) is 2.07. The quantitative estimate of drug-likeness (QED) is 0.794. The van der Waals surface area contributed by atoms with Crippen molar-refractivity contribution >= 4 is 29.1 Å². The number of nitrogens with one attached hydrogen (secondary N) is 2. The highest BCUT2D eigenvalue weighted by Gasteiger charge is 2.32. The van der Waals surface area contributed by atoms with Crippen molar-refractivity contribution in [1.82, 2.24) is 5.32 Å². The van der Waals surface area contributed by atoms with Gasteiger partial charge in [0, 0.05) is 24.0 Å². The van der Waals surface area contributed by atoms with E-state index in [0.29, 0.717) is 12.2 Å². The topological polar surface area (TPSA) is 97.0 Å². The Hall–Kier alpha value is -3.55. The minimum absolute atomic E-state index is 0.166. The Morgan fingerprint density at radius 1 is 1.11 bits per heavy atom. The van der Waals surface area contributed by atoms with Crippen molar-refractivity contribution in [1.29, 1.82) is 0 Å². The van der Waals surface area contributed by atoms with Crippen LogP contribution in [0.5, 0.6) is 5.75 Å². The average Bonchev–Trinajstić information content (AvgIpc) is 2.96. The molecule has 0 aromatic heterocycles. The van der Waals surface area contributed by atoms with Crippen molar-refractivity contribution in [3.63, 3.8) is 0 Å². The van der Waals surface area contributed by atoms with Gasteiger partial charge in [0.05, 0.1) is 20.2 Å². The Balaban J connectivity index is 1.67. The zero-order chi connectivity index (χ0) is 20.1. The maximum Gasteiger partial charge on any atom is 0.414 e. The molecule has 8 nitrogen and oxygen atoms in total. The van der Waals surface area contributed by atoms with E-state index in [2.05, 4.69) is 10.6 Å². The number of benzene rings is 1. The van der Waals surface area contributed by atoms with E-state index in [9.17, 15) is 14.4 Å². The second-order valence-corrected chi connectivity index (χ2v) is 6.28. The summed E-state index contributed by atoms with van der Waals surface area (Å²) >= 11 is 0. The fourth-order valence-corrected chi connectivity index (χ4v) is 2.79. The van der Waals surface area contributed by atoms with Crippen molar-refractivity contribution in [2.24, 2.45) is 0 Å². The Labute approximate surface area is 162 Å². The molecule has 1 atom stereocenters. The molecule has 0 spiro atoms. The van der Waals surface area contributed by atoms with Crippen molar-refractivity contribution in [3.05, 3.63) is 58.8 Å². The molecule has 2 amide bonds. The molecule has 0 radical (unpaired) electrons. The first-order valence-corrected chi connectivity index (χ1v) is 8.74. The number of hydrogen-bond donors (Lipinski definition) is 2. The molecular formula is C20H21N3O5. The SMILES string of the molecule is COc1ccc(Nc2ccc(N3CC(CNC(C)=O)OC3=O)cc2)ccc1=O. The predicted molar refractivity (Wildman–Crippen MR) is 105 cm³/mol. The van der Waals surface area contributed by atoms with Crippen molar-refractivity contribution in [3.8, 4) is 5.75 Å². The second kappa shape index (κ2) is 8.43. The summed E-state index contributed by atoms with van der Waals surface area (Å²) in [7, 11) is 1.45. The lowest BCUT2D eigenvalue weighted by atomic mass is 10.2. The molecule has 0 bridgehead atoms. The van der Waals surface area contributed by atoms with E-state index in [0.717, 1.165) is 11.4 Å². The molecule has 1 unspecified atom stereocenters. The lowest BCUT2D eigenvalue weighted by Crippen LogP contribution is -2.33. The molecular weight excluding hydrogens is 362 g/mol. The van der Waals surface area contributed by atoms with Gasteiger partial charge in [-0.15, -0.1) is 0 Å². The van der Waals surface area contributed by atoms with Gasteiger partial charge in [0.2, 0.25) is 11.3 Å². The number of nitrogens with zero attached hydrogens (tertiary/aromatic N) is 1. The van der Waals surface area contributed by atoms with E-state index in [4.69, 9.17) is 9.47 Å². The lowest BCUT2D eigenvalue weighted by molar-refractivity contribution is -0.119. The van der Waals surface area contributed by atoms with Crippen LogP contribution in [0.4, 0.5) is 21.9 Å². The van der Waals surface area contributed by atoms with E-state index >= 15 is 0 Å². The highest BCUT2D eigenvalue weighted by Crippen LogP contribution is 2.24. The normalized spacial score (nSPS) is 15.7. The average molecular weight is 383 g/mol. The summed E-state index contributed by atoms with van der Waals surface area (Å²) in [5.74, 6) is 0.103. The summed E-state index contributed by atoms with van der Waals surface area (Å²) in [6, 6.07) is 13.7. The van der Waals surface area contributed by atoms with Crippen LogP contribution in [-0.2, 0) is 9.53 Å². The second-order valence-electron chi connectivity index (χ2n) is 6.28.